The second-order valence-corrected chi connectivity index (χ2v) is 5.10. The van der Waals surface area contributed by atoms with Gasteiger partial charge in [0.2, 0.25) is 0 Å². The summed E-state index contributed by atoms with van der Waals surface area (Å²) in [7, 11) is 8.50. The van der Waals surface area contributed by atoms with Crippen LogP contribution < -0.4 is 5.32 Å². The Morgan fingerprint density at radius 1 is 0.875 bits per heavy atom. The van der Waals surface area contributed by atoms with E-state index < -0.39 is 0 Å². The zero-order valence-corrected chi connectivity index (χ0v) is 11.2. The highest BCUT2D eigenvalue weighted by atomic mass is 15.4. The van der Waals surface area contributed by atoms with E-state index >= 15 is 0 Å². The Bertz CT molecular complexity index is 165. The maximum absolute atomic E-state index is 3.45. The van der Waals surface area contributed by atoms with E-state index in [0.29, 0.717) is 0 Å². The molecule has 0 aromatic carbocycles. The van der Waals surface area contributed by atoms with Crippen LogP contribution in [0, 0.1) is 0 Å². The van der Waals surface area contributed by atoms with Crippen LogP contribution in [-0.4, -0.2) is 94.0 Å². The number of likely N-dealkylation sites (N-methyl/N-ethyl adjacent to an activating group) is 2. The summed E-state index contributed by atoms with van der Waals surface area (Å²) >= 11 is 0. The van der Waals surface area contributed by atoms with Crippen molar-refractivity contribution < 1.29 is 0 Å². The molecule has 0 radical (unpaired) electrons. The van der Waals surface area contributed by atoms with Crippen molar-refractivity contribution >= 4 is 0 Å². The molecule has 5 nitrogen and oxygen atoms in total. The summed E-state index contributed by atoms with van der Waals surface area (Å²) < 4.78 is 0. The topological polar surface area (TPSA) is 25.0 Å². The molecular formula is C11H27N5. The Hall–Kier alpha value is -0.200. The quantitative estimate of drug-likeness (QED) is 0.642. The third-order valence-electron chi connectivity index (χ3n) is 2.80. The van der Waals surface area contributed by atoms with Gasteiger partial charge in [0.05, 0.1) is 20.0 Å². The first kappa shape index (κ1) is 13.9. The Balaban J connectivity index is 2.19. The molecule has 0 saturated carbocycles. The first-order valence-electron chi connectivity index (χ1n) is 6.03. The monoisotopic (exact) mass is 229 g/mol. The van der Waals surface area contributed by atoms with Gasteiger partial charge in [0.15, 0.2) is 0 Å². The van der Waals surface area contributed by atoms with Crippen LogP contribution in [0.3, 0.4) is 0 Å². The van der Waals surface area contributed by atoms with Crippen molar-refractivity contribution in [2.75, 3.05) is 74.4 Å². The molecular weight excluding hydrogens is 202 g/mol. The van der Waals surface area contributed by atoms with Gasteiger partial charge >= 0.3 is 0 Å². The van der Waals surface area contributed by atoms with Crippen LogP contribution in [0.25, 0.3) is 0 Å². The molecule has 0 spiro atoms. The van der Waals surface area contributed by atoms with Gasteiger partial charge in [-0.05, 0) is 28.2 Å². The molecule has 1 N–H and O–H groups in total. The fourth-order valence-corrected chi connectivity index (χ4v) is 1.73. The molecule has 96 valence electrons. The van der Waals surface area contributed by atoms with E-state index in [9.17, 15) is 0 Å². The third-order valence-corrected chi connectivity index (χ3v) is 2.80. The first-order valence-corrected chi connectivity index (χ1v) is 6.03. The highest BCUT2D eigenvalue weighted by Crippen LogP contribution is 1.98. The number of nitrogens with zero attached hydrogens (tertiary/aromatic N) is 4. The Morgan fingerprint density at radius 3 is 1.69 bits per heavy atom. The third kappa shape index (κ3) is 5.77. The summed E-state index contributed by atoms with van der Waals surface area (Å²) in [5.41, 5.74) is 0. The predicted octanol–water partition coefficient (Wildman–Crippen LogP) is -0.811. The number of hydrogen-bond acceptors (Lipinski definition) is 5. The lowest BCUT2D eigenvalue weighted by atomic mass is 10.4. The molecule has 0 aromatic heterocycles. The van der Waals surface area contributed by atoms with Crippen LogP contribution in [0.1, 0.15) is 0 Å². The first-order chi connectivity index (χ1) is 7.58. The predicted molar refractivity (Wildman–Crippen MR) is 68.3 cm³/mol. The largest absolute Gasteiger partial charge is 0.308 e. The van der Waals surface area contributed by atoms with E-state index in [1.165, 1.54) is 0 Å². The van der Waals surface area contributed by atoms with Crippen LogP contribution in [0.5, 0.6) is 0 Å². The maximum Gasteiger partial charge on any atom is 0.0530 e. The van der Waals surface area contributed by atoms with E-state index in [1.54, 1.807) is 0 Å². The standard InChI is InChI=1S/C11H27N5/c1-13(2)5-7-15-9-12-10-16(11-15)8-6-14(3)4/h12H,5-11H2,1-4H3. The van der Waals surface area contributed by atoms with Gasteiger partial charge in [0.25, 0.3) is 0 Å². The molecule has 1 aliphatic rings. The van der Waals surface area contributed by atoms with E-state index in [0.717, 1.165) is 46.2 Å². The number of nitrogens with one attached hydrogen (secondary N) is 1. The molecule has 0 atom stereocenters. The summed E-state index contributed by atoms with van der Waals surface area (Å²) in [6.45, 7) is 7.66. The van der Waals surface area contributed by atoms with Gasteiger partial charge < -0.3 is 9.80 Å². The lowest BCUT2D eigenvalue weighted by Crippen LogP contribution is -2.55. The van der Waals surface area contributed by atoms with Crippen molar-refractivity contribution in [1.82, 2.24) is 24.9 Å². The molecule has 0 aliphatic carbocycles. The van der Waals surface area contributed by atoms with Crippen LogP contribution in [0.2, 0.25) is 0 Å². The summed E-state index contributed by atoms with van der Waals surface area (Å²) in [5.74, 6) is 0. The van der Waals surface area contributed by atoms with Crippen LogP contribution in [0.4, 0.5) is 0 Å². The molecule has 1 rings (SSSR count). The van der Waals surface area contributed by atoms with Crippen molar-refractivity contribution in [3.05, 3.63) is 0 Å². The summed E-state index contributed by atoms with van der Waals surface area (Å²) in [6.07, 6.45) is 0. The lowest BCUT2D eigenvalue weighted by Gasteiger charge is -2.37. The van der Waals surface area contributed by atoms with Crippen LogP contribution in [-0.2, 0) is 0 Å². The zero-order chi connectivity index (χ0) is 12.0. The summed E-state index contributed by atoms with van der Waals surface area (Å²) in [5, 5.41) is 3.45. The minimum Gasteiger partial charge on any atom is -0.308 e. The Kier molecular flexibility index (Phi) is 6.23. The average molecular weight is 229 g/mol. The summed E-state index contributed by atoms with van der Waals surface area (Å²) in [4.78, 5) is 9.38. The van der Waals surface area contributed by atoms with Crippen LogP contribution >= 0.6 is 0 Å². The maximum atomic E-state index is 3.45. The molecule has 1 aliphatic heterocycles. The summed E-state index contributed by atoms with van der Waals surface area (Å²) in [6, 6.07) is 0. The minimum atomic E-state index is 1.02. The lowest BCUT2D eigenvalue weighted by molar-refractivity contribution is 0.0569. The average Bonchev–Trinajstić information content (AvgIpc) is 2.24. The Labute approximate surface area is 100.0 Å². The second-order valence-electron chi connectivity index (χ2n) is 5.10. The molecule has 0 aromatic rings. The van der Waals surface area contributed by atoms with Crippen molar-refractivity contribution in [2.24, 2.45) is 0 Å². The normalized spacial score (nSPS) is 19.9. The number of rotatable bonds is 6. The van der Waals surface area contributed by atoms with Crippen molar-refractivity contribution in [1.29, 1.82) is 0 Å². The molecule has 0 unspecified atom stereocenters. The van der Waals surface area contributed by atoms with E-state index in [2.05, 4.69) is 53.1 Å². The second kappa shape index (κ2) is 7.19. The SMILES string of the molecule is CN(C)CCN1CNCN(CCN(C)C)C1. The van der Waals surface area contributed by atoms with Crippen molar-refractivity contribution in [3.63, 3.8) is 0 Å². The van der Waals surface area contributed by atoms with Gasteiger partial charge in [-0.25, -0.2) is 0 Å². The molecule has 5 heteroatoms. The van der Waals surface area contributed by atoms with Gasteiger partial charge in [-0.3, -0.25) is 15.1 Å². The van der Waals surface area contributed by atoms with Crippen LogP contribution in [0.15, 0.2) is 0 Å². The van der Waals surface area contributed by atoms with Crippen molar-refractivity contribution in [3.8, 4) is 0 Å². The highest BCUT2D eigenvalue weighted by Gasteiger charge is 2.16. The smallest absolute Gasteiger partial charge is 0.0530 e. The van der Waals surface area contributed by atoms with E-state index in [4.69, 9.17) is 0 Å². The van der Waals surface area contributed by atoms with E-state index in [-0.39, 0.29) is 0 Å². The fraction of sp³-hybridized carbons (Fsp3) is 1.00. The van der Waals surface area contributed by atoms with Crippen molar-refractivity contribution in [2.45, 2.75) is 0 Å². The Morgan fingerprint density at radius 2 is 1.31 bits per heavy atom. The molecule has 0 bridgehead atoms. The van der Waals surface area contributed by atoms with Gasteiger partial charge in [-0.2, -0.15) is 0 Å². The van der Waals surface area contributed by atoms with Gasteiger partial charge in [0.1, 0.15) is 0 Å². The van der Waals surface area contributed by atoms with Gasteiger partial charge in [0, 0.05) is 26.2 Å². The number of hydrogen-bond donors (Lipinski definition) is 1. The molecule has 1 fully saturated rings. The molecule has 0 amide bonds. The molecule has 16 heavy (non-hydrogen) atoms. The zero-order valence-electron chi connectivity index (χ0n) is 11.2. The minimum absolute atomic E-state index is 1.02. The highest BCUT2D eigenvalue weighted by molar-refractivity contribution is 4.67. The molecule has 1 heterocycles. The molecule has 1 saturated heterocycles. The van der Waals surface area contributed by atoms with Gasteiger partial charge in [-0.15, -0.1) is 0 Å². The fourth-order valence-electron chi connectivity index (χ4n) is 1.73. The van der Waals surface area contributed by atoms with E-state index in [1.807, 2.05) is 0 Å². The van der Waals surface area contributed by atoms with Gasteiger partial charge in [-0.1, -0.05) is 0 Å².